The summed E-state index contributed by atoms with van der Waals surface area (Å²) in [5, 5.41) is 10.2. The highest BCUT2D eigenvalue weighted by Crippen LogP contribution is 2.55. The van der Waals surface area contributed by atoms with Gasteiger partial charge in [0.2, 0.25) is 0 Å². The molecule has 0 unspecified atom stereocenters. The molecular formula is C18H24O2. The molecule has 0 saturated heterocycles. The summed E-state index contributed by atoms with van der Waals surface area (Å²) in [5.74, 6) is 3.91. The van der Waals surface area contributed by atoms with Crippen LogP contribution in [0.1, 0.15) is 49.1 Å². The molecule has 2 fully saturated rings. The number of hydrogen-bond acceptors (Lipinski definition) is 2. The summed E-state index contributed by atoms with van der Waals surface area (Å²) in [4.78, 5) is 0. The lowest BCUT2D eigenvalue weighted by atomic mass is 9.61. The normalized spacial score (nSPS) is 38.8. The fraction of sp³-hybridized carbons (Fsp3) is 0.667. The third-order valence-corrected chi connectivity index (χ3v) is 6.21. The van der Waals surface area contributed by atoms with Crippen LogP contribution in [0, 0.1) is 17.8 Å². The molecule has 1 N–H and O–H groups in total. The van der Waals surface area contributed by atoms with E-state index in [1.807, 2.05) is 0 Å². The quantitative estimate of drug-likeness (QED) is 0.847. The summed E-state index contributed by atoms with van der Waals surface area (Å²) in [7, 11) is 1.75. The maximum absolute atomic E-state index is 10.2. The van der Waals surface area contributed by atoms with Crippen molar-refractivity contribution in [1.82, 2.24) is 0 Å². The highest BCUT2D eigenvalue weighted by atomic mass is 16.5. The summed E-state index contributed by atoms with van der Waals surface area (Å²) in [6.07, 6.45) is 7.25. The molecule has 1 aromatic carbocycles. The van der Waals surface area contributed by atoms with Crippen LogP contribution in [0.4, 0.5) is 0 Å². The minimum atomic E-state index is -0.0155. The summed E-state index contributed by atoms with van der Waals surface area (Å²) in [5.41, 5.74) is 3.07. The molecule has 0 heterocycles. The lowest BCUT2D eigenvalue weighted by Gasteiger charge is -2.44. The summed E-state index contributed by atoms with van der Waals surface area (Å²) in [6.45, 7) is 0. The molecule has 0 aromatic heterocycles. The Balaban J connectivity index is 1.66. The molecule has 2 heteroatoms. The van der Waals surface area contributed by atoms with Crippen LogP contribution in [-0.4, -0.2) is 18.3 Å². The molecule has 2 saturated carbocycles. The van der Waals surface area contributed by atoms with E-state index in [4.69, 9.17) is 4.74 Å². The molecule has 0 bridgehead atoms. The van der Waals surface area contributed by atoms with Crippen LogP contribution in [0.3, 0.4) is 0 Å². The van der Waals surface area contributed by atoms with Gasteiger partial charge in [0.1, 0.15) is 5.75 Å². The Morgan fingerprint density at radius 1 is 1.00 bits per heavy atom. The van der Waals surface area contributed by atoms with Gasteiger partial charge in [-0.15, -0.1) is 0 Å². The molecule has 3 aliphatic carbocycles. The number of fused-ring (bicyclic) bond motifs is 5. The second kappa shape index (κ2) is 4.77. The van der Waals surface area contributed by atoms with Crippen LogP contribution in [0.15, 0.2) is 18.2 Å². The van der Waals surface area contributed by atoms with Crippen molar-refractivity contribution in [2.75, 3.05) is 7.11 Å². The molecule has 4 rings (SSSR count). The van der Waals surface area contributed by atoms with Crippen LogP contribution >= 0.6 is 0 Å². The van der Waals surface area contributed by atoms with E-state index in [2.05, 4.69) is 18.2 Å². The molecule has 0 aliphatic heterocycles. The van der Waals surface area contributed by atoms with E-state index >= 15 is 0 Å². The first-order valence-corrected chi connectivity index (χ1v) is 8.13. The molecule has 0 radical (unpaired) electrons. The zero-order chi connectivity index (χ0) is 13.7. The van der Waals surface area contributed by atoms with Gasteiger partial charge in [-0.2, -0.15) is 0 Å². The number of aliphatic hydroxyl groups excluding tert-OH is 1. The Kier molecular flexibility index (Phi) is 3.03. The lowest BCUT2D eigenvalue weighted by Crippen LogP contribution is -2.36. The van der Waals surface area contributed by atoms with Gasteiger partial charge in [-0.1, -0.05) is 6.07 Å². The van der Waals surface area contributed by atoms with Crippen molar-refractivity contribution in [3.8, 4) is 5.75 Å². The van der Waals surface area contributed by atoms with E-state index in [-0.39, 0.29) is 6.10 Å². The van der Waals surface area contributed by atoms with Crippen LogP contribution < -0.4 is 4.74 Å². The number of benzene rings is 1. The largest absolute Gasteiger partial charge is 0.497 e. The zero-order valence-electron chi connectivity index (χ0n) is 12.2. The molecule has 3 aliphatic rings. The van der Waals surface area contributed by atoms with Crippen LogP contribution in [-0.2, 0) is 6.42 Å². The Labute approximate surface area is 121 Å². The van der Waals surface area contributed by atoms with Gasteiger partial charge in [0, 0.05) is 0 Å². The molecule has 1 aromatic rings. The van der Waals surface area contributed by atoms with Gasteiger partial charge in [-0.05, 0) is 85.5 Å². The Hall–Kier alpha value is -1.02. The first-order valence-electron chi connectivity index (χ1n) is 8.13. The highest BCUT2D eigenvalue weighted by molar-refractivity contribution is 5.40. The lowest BCUT2D eigenvalue weighted by molar-refractivity contribution is 0.0566. The van der Waals surface area contributed by atoms with Crippen LogP contribution in [0.25, 0.3) is 0 Å². The predicted molar refractivity (Wildman–Crippen MR) is 79.0 cm³/mol. The zero-order valence-corrected chi connectivity index (χ0v) is 12.2. The van der Waals surface area contributed by atoms with Crippen LogP contribution in [0.5, 0.6) is 5.75 Å². The number of aliphatic hydroxyl groups is 1. The van der Waals surface area contributed by atoms with Gasteiger partial charge in [-0.3, -0.25) is 0 Å². The Morgan fingerprint density at radius 3 is 2.70 bits per heavy atom. The topological polar surface area (TPSA) is 29.5 Å². The smallest absolute Gasteiger partial charge is 0.119 e. The molecule has 5 atom stereocenters. The number of aryl methyl sites for hydroxylation is 1. The maximum Gasteiger partial charge on any atom is 0.119 e. The van der Waals surface area contributed by atoms with Crippen molar-refractivity contribution in [3.05, 3.63) is 29.3 Å². The third-order valence-electron chi connectivity index (χ3n) is 6.21. The number of hydrogen-bond donors (Lipinski definition) is 1. The van der Waals surface area contributed by atoms with E-state index in [0.717, 1.165) is 29.9 Å². The fourth-order valence-electron chi connectivity index (χ4n) is 5.31. The summed E-state index contributed by atoms with van der Waals surface area (Å²) >= 11 is 0. The third kappa shape index (κ3) is 1.81. The fourth-order valence-corrected chi connectivity index (χ4v) is 5.31. The summed E-state index contributed by atoms with van der Waals surface area (Å²) < 4.78 is 5.37. The van der Waals surface area contributed by atoms with Crippen molar-refractivity contribution in [2.24, 2.45) is 17.8 Å². The van der Waals surface area contributed by atoms with Gasteiger partial charge in [0.15, 0.2) is 0 Å². The summed E-state index contributed by atoms with van der Waals surface area (Å²) in [6, 6.07) is 6.66. The minimum Gasteiger partial charge on any atom is -0.497 e. The van der Waals surface area contributed by atoms with E-state index in [1.165, 1.54) is 37.7 Å². The highest BCUT2D eigenvalue weighted by Gasteiger charge is 2.47. The monoisotopic (exact) mass is 272 g/mol. The Bertz CT molecular complexity index is 510. The molecule has 0 amide bonds. The first-order chi connectivity index (χ1) is 9.78. The minimum absolute atomic E-state index is 0.0155. The molecule has 108 valence electrons. The van der Waals surface area contributed by atoms with Gasteiger partial charge >= 0.3 is 0 Å². The van der Waals surface area contributed by atoms with E-state index < -0.39 is 0 Å². The van der Waals surface area contributed by atoms with Crippen molar-refractivity contribution in [2.45, 2.75) is 50.5 Å². The van der Waals surface area contributed by atoms with Gasteiger partial charge in [-0.25, -0.2) is 0 Å². The van der Waals surface area contributed by atoms with Crippen LogP contribution in [0.2, 0.25) is 0 Å². The van der Waals surface area contributed by atoms with E-state index in [1.54, 1.807) is 12.7 Å². The SMILES string of the molecule is COc1ccc2c(c1)CC[C@H]1[C@@H]3CC[C@H](O)[C@H]3CC[C@H]21. The van der Waals surface area contributed by atoms with Gasteiger partial charge in [0.05, 0.1) is 13.2 Å². The van der Waals surface area contributed by atoms with Crippen molar-refractivity contribution >= 4 is 0 Å². The van der Waals surface area contributed by atoms with Gasteiger partial charge in [0.25, 0.3) is 0 Å². The predicted octanol–water partition coefficient (Wildman–Crippen LogP) is 3.52. The Morgan fingerprint density at radius 2 is 1.85 bits per heavy atom. The number of rotatable bonds is 1. The number of ether oxygens (including phenoxy) is 1. The van der Waals surface area contributed by atoms with E-state index in [0.29, 0.717) is 5.92 Å². The average Bonchev–Trinajstić information content (AvgIpc) is 2.88. The molecule has 2 nitrogen and oxygen atoms in total. The standard InChI is InChI=1S/C18H24O2/c1-20-12-3-5-13-11(10-12)2-4-15-14(13)6-7-17-16(15)8-9-18(17)19/h3,5,10,14-19H,2,4,6-9H2,1H3/t14-,15-,16+,17+,18+/m1/s1. The second-order valence-corrected chi connectivity index (χ2v) is 6.92. The average molecular weight is 272 g/mol. The van der Waals surface area contributed by atoms with Crippen molar-refractivity contribution < 1.29 is 9.84 Å². The van der Waals surface area contributed by atoms with Crippen molar-refractivity contribution in [1.29, 1.82) is 0 Å². The number of methoxy groups -OCH3 is 1. The molecule has 20 heavy (non-hydrogen) atoms. The van der Waals surface area contributed by atoms with Gasteiger partial charge < -0.3 is 9.84 Å². The maximum atomic E-state index is 10.2. The molecular weight excluding hydrogens is 248 g/mol. The van der Waals surface area contributed by atoms with E-state index in [9.17, 15) is 5.11 Å². The molecule has 0 spiro atoms. The van der Waals surface area contributed by atoms with Crippen molar-refractivity contribution in [3.63, 3.8) is 0 Å². The first kappa shape index (κ1) is 12.7. The second-order valence-electron chi connectivity index (χ2n) is 6.92.